The van der Waals surface area contributed by atoms with Crippen LogP contribution in [0.4, 0.5) is 0 Å². The number of rotatable bonds is 3. The van der Waals surface area contributed by atoms with Gasteiger partial charge in [-0.1, -0.05) is 30.3 Å². The molecule has 5 heteroatoms. The fourth-order valence-corrected chi connectivity index (χ4v) is 2.09. The molecule has 2 atom stereocenters. The predicted octanol–water partition coefficient (Wildman–Crippen LogP) is 0.887. The van der Waals surface area contributed by atoms with Crippen molar-refractivity contribution >= 4 is 11.9 Å². The Balaban J connectivity index is 2.21. The smallest absolute Gasteiger partial charge is 0.329 e. The largest absolute Gasteiger partial charge is 0.480 e. The molecule has 0 bridgehead atoms. The SMILES string of the molecule is C[C@H]1OCC(=O)N(Cc2ccccc2)[C@@H]1C(=O)O. The first-order valence-corrected chi connectivity index (χ1v) is 5.77. The van der Waals surface area contributed by atoms with Gasteiger partial charge in [0, 0.05) is 6.54 Å². The number of hydrogen-bond donors (Lipinski definition) is 1. The number of amides is 1. The molecule has 1 heterocycles. The van der Waals surface area contributed by atoms with Crippen molar-refractivity contribution in [3.8, 4) is 0 Å². The Morgan fingerprint density at radius 3 is 2.72 bits per heavy atom. The van der Waals surface area contributed by atoms with E-state index in [1.165, 1.54) is 4.90 Å². The van der Waals surface area contributed by atoms with Gasteiger partial charge in [-0.15, -0.1) is 0 Å². The number of carbonyl (C=O) groups excluding carboxylic acids is 1. The third kappa shape index (κ3) is 2.51. The quantitative estimate of drug-likeness (QED) is 0.863. The zero-order valence-electron chi connectivity index (χ0n) is 10.1. The van der Waals surface area contributed by atoms with Gasteiger partial charge in [-0.25, -0.2) is 4.79 Å². The Labute approximate surface area is 105 Å². The molecule has 1 N–H and O–H groups in total. The van der Waals surface area contributed by atoms with E-state index in [2.05, 4.69) is 0 Å². The molecule has 96 valence electrons. The van der Waals surface area contributed by atoms with Crippen molar-refractivity contribution in [2.75, 3.05) is 6.61 Å². The van der Waals surface area contributed by atoms with Crippen molar-refractivity contribution in [3.63, 3.8) is 0 Å². The van der Waals surface area contributed by atoms with Crippen molar-refractivity contribution in [2.24, 2.45) is 0 Å². The lowest BCUT2D eigenvalue weighted by atomic mass is 10.1. The van der Waals surface area contributed by atoms with E-state index in [1.807, 2.05) is 30.3 Å². The average molecular weight is 249 g/mol. The van der Waals surface area contributed by atoms with E-state index in [1.54, 1.807) is 6.92 Å². The van der Waals surface area contributed by atoms with Crippen LogP contribution in [0.3, 0.4) is 0 Å². The average Bonchev–Trinajstić information content (AvgIpc) is 2.35. The van der Waals surface area contributed by atoms with Gasteiger partial charge in [0.1, 0.15) is 6.61 Å². The zero-order chi connectivity index (χ0) is 13.1. The zero-order valence-corrected chi connectivity index (χ0v) is 10.1. The number of benzene rings is 1. The number of carboxylic acids is 1. The first-order chi connectivity index (χ1) is 8.59. The molecule has 0 radical (unpaired) electrons. The lowest BCUT2D eigenvalue weighted by molar-refractivity contribution is -0.170. The van der Waals surface area contributed by atoms with Crippen LogP contribution in [0.2, 0.25) is 0 Å². The molecule has 1 saturated heterocycles. The minimum Gasteiger partial charge on any atom is -0.480 e. The summed E-state index contributed by atoms with van der Waals surface area (Å²) in [6.07, 6.45) is -0.496. The van der Waals surface area contributed by atoms with E-state index >= 15 is 0 Å². The number of aliphatic carboxylic acids is 1. The molecule has 0 spiro atoms. The second-order valence-electron chi connectivity index (χ2n) is 4.31. The number of carbonyl (C=O) groups is 2. The van der Waals surface area contributed by atoms with Crippen molar-refractivity contribution in [1.82, 2.24) is 4.90 Å². The first kappa shape index (κ1) is 12.6. The Kier molecular flexibility index (Phi) is 3.62. The molecule has 1 aliphatic rings. The van der Waals surface area contributed by atoms with E-state index < -0.39 is 18.1 Å². The van der Waals surface area contributed by atoms with Crippen molar-refractivity contribution < 1.29 is 19.4 Å². The first-order valence-electron chi connectivity index (χ1n) is 5.77. The standard InChI is InChI=1S/C13H15NO4/c1-9-12(13(16)17)14(11(15)8-18-9)7-10-5-3-2-4-6-10/h2-6,9,12H,7-8H2,1H3,(H,16,17)/t9-,12+/m1/s1. The summed E-state index contributed by atoms with van der Waals surface area (Å²) in [6.45, 7) is 1.91. The molecule has 0 saturated carbocycles. The van der Waals surface area contributed by atoms with Crippen molar-refractivity contribution in [2.45, 2.75) is 25.6 Å². The minimum absolute atomic E-state index is 0.0578. The molecule has 0 unspecified atom stereocenters. The molecular weight excluding hydrogens is 234 g/mol. The van der Waals surface area contributed by atoms with Crippen molar-refractivity contribution in [1.29, 1.82) is 0 Å². The van der Waals surface area contributed by atoms with Crippen LogP contribution in [-0.4, -0.2) is 40.6 Å². The third-order valence-corrected chi connectivity index (χ3v) is 3.02. The number of morpholine rings is 1. The van der Waals surface area contributed by atoms with Crippen LogP contribution in [0, 0.1) is 0 Å². The van der Waals surface area contributed by atoms with Gasteiger partial charge in [0.2, 0.25) is 5.91 Å². The number of ether oxygens (including phenoxy) is 1. The van der Waals surface area contributed by atoms with Crippen LogP contribution in [-0.2, 0) is 20.9 Å². The summed E-state index contributed by atoms with van der Waals surface area (Å²) in [5.74, 6) is -1.32. The minimum atomic E-state index is -1.04. The highest BCUT2D eigenvalue weighted by atomic mass is 16.5. The topological polar surface area (TPSA) is 66.8 Å². The Bertz CT molecular complexity index is 446. The third-order valence-electron chi connectivity index (χ3n) is 3.02. The van der Waals surface area contributed by atoms with Gasteiger partial charge < -0.3 is 14.7 Å². The van der Waals surface area contributed by atoms with Gasteiger partial charge in [0.05, 0.1) is 6.10 Å². The normalized spacial score (nSPS) is 24.1. The summed E-state index contributed by atoms with van der Waals surface area (Å²) < 4.78 is 5.16. The Morgan fingerprint density at radius 2 is 2.11 bits per heavy atom. The Morgan fingerprint density at radius 1 is 1.44 bits per heavy atom. The molecule has 2 rings (SSSR count). The van der Waals surface area contributed by atoms with E-state index in [9.17, 15) is 14.7 Å². The van der Waals surface area contributed by atoms with Gasteiger partial charge in [-0.05, 0) is 12.5 Å². The van der Waals surface area contributed by atoms with Gasteiger partial charge >= 0.3 is 5.97 Å². The lowest BCUT2D eigenvalue weighted by Crippen LogP contribution is -2.56. The molecule has 5 nitrogen and oxygen atoms in total. The molecule has 1 aromatic carbocycles. The number of carboxylic acid groups (broad SMARTS) is 1. The second-order valence-corrected chi connectivity index (χ2v) is 4.31. The fourth-order valence-electron chi connectivity index (χ4n) is 2.09. The molecule has 1 aliphatic heterocycles. The van der Waals surface area contributed by atoms with Gasteiger partial charge in [0.25, 0.3) is 0 Å². The summed E-state index contributed by atoms with van der Waals surface area (Å²) in [4.78, 5) is 24.4. The molecule has 0 aromatic heterocycles. The summed E-state index contributed by atoms with van der Waals surface area (Å²) in [5, 5.41) is 9.20. The van der Waals surface area contributed by atoms with E-state index in [0.29, 0.717) is 6.54 Å². The van der Waals surface area contributed by atoms with Crippen LogP contribution in [0.25, 0.3) is 0 Å². The Hall–Kier alpha value is -1.88. The summed E-state index contributed by atoms with van der Waals surface area (Å²) in [6, 6.07) is 8.41. The maximum atomic E-state index is 11.8. The molecule has 1 aromatic rings. The molecule has 0 aliphatic carbocycles. The van der Waals surface area contributed by atoms with E-state index in [4.69, 9.17) is 4.74 Å². The molecular formula is C13H15NO4. The fraction of sp³-hybridized carbons (Fsp3) is 0.385. The molecule has 1 fully saturated rings. The van der Waals surface area contributed by atoms with Crippen LogP contribution >= 0.6 is 0 Å². The van der Waals surface area contributed by atoms with Gasteiger partial charge in [0.15, 0.2) is 6.04 Å². The highest BCUT2D eigenvalue weighted by Gasteiger charge is 2.39. The second kappa shape index (κ2) is 5.18. The van der Waals surface area contributed by atoms with E-state index in [0.717, 1.165) is 5.56 Å². The summed E-state index contributed by atoms with van der Waals surface area (Å²) >= 11 is 0. The van der Waals surface area contributed by atoms with Crippen LogP contribution in [0.1, 0.15) is 12.5 Å². The number of nitrogens with zero attached hydrogens (tertiary/aromatic N) is 1. The van der Waals surface area contributed by atoms with Gasteiger partial charge in [-0.3, -0.25) is 4.79 Å². The lowest BCUT2D eigenvalue weighted by Gasteiger charge is -2.37. The number of hydrogen-bond acceptors (Lipinski definition) is 3. The summed E-state index contributed by atoms with van der Waals surface area (Å²) in [5.41, 5.74) is 0.909. The highest BCUT2D eigenvalue weighted by Crippen LogP contribution is 2.18. The van der Waals surface area contributed by atoms with E-state index in [-0.39, 0.29) is 12.5 Å². The predicted molar refractivity (Wildman–Crippen MR) is 63.8 cm³/mol. The van der Waals surface area contributed by atoms with Crippen LogP contribution in [0.5, 0.6) is 0 Å². The van der Waals surface area contributed by atoms with Crippen LogP contribution in [0.15, 0.2) is 30.3 Å². The monoisotopic (exact) mass is 249 g/mol. The highest BCUT2D eigenvalue weighted by molar-refractivity contribution is 5.86. The maximum absolute atomic E-state index is 11.8. The molecule has 18 heavy (non-hydrogen) atoms. The van der Waals surface area contributed by atoms with Gasteiger partial charge in [-0.2, -0.15) is 0 Å². The maximum Gasteiger partial charge on any atom is 0.329 e. The summed E-state index contributed by atoms with van der Waals surface area (Å²) in [7, 11) is 0. The van der Waals surface area contributed by atoms with Crippen LogP contribution < -0.4 is 0 Å². The molecule has 1 amide bonds. The van der Waals surface area contributed by atoms with Crippen molar-refractivity contribution in [3.05, 3.63) is 35.9 Å².